The van der Waals surface area contributed by atoms with E-state index < -0.39 is 6.09 Å². The molecule has 0 heterocycles. The number of aldehydes is 1. The first-order valence-corrected chi connectivity index (χ1v) is 10.5. The Balaban J connectivity index is 3.18. The number of carbonyl (C=O) groups is 3. The van der Waals surface area contributed by atoms with Crippen molar-refractivity contribution in [2.75, 3.05) is 27.3 Å². The fourth-order valence-electron chi connectivity index (χ4n) is 3.18. The average molecular weight is 433 g/mol. The maximum Gasteiger partial charge on any atom is 0.409 e. The van der Waals surface area contributed by atoms with Gasteiger partial charge in [0.25, 0.3) is 0 Å². The predicted molar refractivity (Wildman–Crippen MR) is 121 cm³/mol. The Morgan fingerprint density at radius 3 is 2.55 bits per heavy atom. The third-order valence-electron chi connectivity index (χ3n) is 4.67. The maximum atomic E-state index is 13.3. The maximum absolute atomic E-state index is 13.3. The SMILES string of the molecule is C=CCOC(=O)N(C)C[C@H](CCC=O)N(Cc1cccc(OC)c1)C(=O)CC(C)(C)C. The van der Waals surface area contributed by atoms with Crippen LogP contribution in [-0.2, 0) is 20.9 Å². The standard InChI is InChI=1S/C24H36N2O5/c1-7-14-31-23(29)25(5)18-20(11-9-13-27)26(22(28)16-24(2,3)4)17-19-10-8-12-21(15-19)30-6/h7-8,10,12-13,15,20H,1,9,11,14,16-18H2,2-6H3/t20-/m0/s1. The van der Waals surface area contributed by atoms with Crippen molar-refractivity contribution in [1.82, 2.24) is 9.80 Å². The molecule has 1 aromatic rings. The minimum atomic E-state index is -0.499. The molecule has 0 aromatic heterocycles. The molecule has 0 aliphatic carbocycles. The lowest BCUT2D eigenvalue weighted by Crippen LogP contribution is -2.48. The second-order valence-corrected chi connectivity index (χ2v) is 8.75. The minimum absolute atomic E-state index is 0.0286. The zero-order valence-corrected chi connectivity index (χ0v) is 19.4. The van der Waals surface area contributed by atoms with Crippen LogP contribution in [0.4, 0.5) is 4.79 Å². The van der Waals surface area contributed by atoms with Crippen LogP contribution in [0.15, 0.2) is 36.9 Å². The number of amides is 2. The summed E-state index contributed by atoms with van der Waals surface area (Å²) in [6.07, 6.45) is 2.92. The Kier molecular flexibility index (Phi) is 10.8. The zero-order valence-electron chi connectivity index (χ0n) is 19.4. The van der Waals surface area contributed by atoms with Crippen molar-refractivity contribution < 1.29 is 23.9 Å². The lowest BCUT2D eigenvalue weighted by atomic mass is 9.91. The van der Waals surface area contributed by atoms with E-state index in [1.54, 1.807) is 19.1 Å². The molecule has 0 bridgehead atoms. The Hall–Kier alpha value is -2.83. The second-order valence-electron chi connectivity index (χ2n) is 8.75. The molecule has 0 aliphatic rings. The molecule has 7 nitrogen and oxygen atoms in total. The first-order chi connectivity index (χ1) is 14.6. The van der Waals surface area contributed by atoms with E-state index in [1.807, 2.05) is 45.0 Å². The van der Waals surface area contributed by atoms with Crippen molar-refractivity contribution in [3.63, 3.8) is 0 Å². The molecule has 1 atom stereocenters. The lowest BCUT2D eigenvalue weighted by Gasteiger charge is -2.36. The van der Waals surface area contributed by atoms with Crippen LogP contribution in [-0.4, -0.2) is 61.4 Å². The van der Waals surface area contributed by atoms with Crippen molar-refractivity contribution in [2.24, 2.45) is 5.41 Å². The Morgan fingerprint density at radius 2 is 1.97 bits per heavy atom. The van der Waals surface area contributed by atoms with Crippen molar-refractivity contribution in [3.05, 3.63) is 42.5 Å². The van der Waals surface area contributed by atoms with Gasteiger partial charge in [-0.15, -0.1) is 0 Å². The number of hydrogen-bond acceptors (Lipinski definition) is 5. The van der Waals surface area contributed by atoms with Crippen LogP contribution in [0.3, 0.4) is 0 Å². The van der Waals surface area contributed by atoms with E-state index in [9.17, 15) is 14.4 Å². The number of ether oxygens (including phenoxy) is 2. The third kappa shape index (κ3) is 9.68. The van der Waals surface area contributed by atoms with E-state index in [-0.39, 0.29) is 36.9 Å². The Labute approximate surface area is 186 Å². The number of methoxy groups -OCH3 is 1. The summed E-state index contributed by atoms with van der Waals surface area (Å²) in [5.41, 5.74) is 0.711. The van der Waals surface area contributed by atoms with E-state index >= 15 is 0 Å². The van der Waals surface area contributed by atoms with Gasteiger partial charge in [-0.2, -0.15) is 0 Å². The van der Waals surface area contributed by atoms with Crippen LogP contribution in [0.2, 0.25) is 0 Å². The normalized spacial score (nSPS) is 11.9. The summed E-state index contributed by atoms with van der Waals surface area (Å²) in [5.74, 6) is 0.675. The molecule has 0 saturated heterocycles. The summed E-state index contributed by atoms with van der Waals surface area (Å²) in [6.45, 7) is 10.3. The molecule has 0 saturated carbocycles. The highest BCUT2D eigenvalue weighted by molar-refractivity contribution is 5.77. The molecule has 172 valence electrons. The van der Waals surface area contributed by atoms with Crippen LogP contribution in [0, 0.1) is 5.41 Å². The highest BCUT2D eigenvalue weighted by Crippen LogP contribution is 2.24. The number of nitrogens with zero attached hydrogens (tertiary/aromatic N) is 2. The van der Waals surface area contributed by atoms with E-state index in [0.717, 1.165) is 11.8 Å². The monoisotopic (exact) mass is 432 g/mol. The molecule has 0 spiro atoms. The summed E-state index contributed by atoms with van der Waals surface area (Å²) in [5, 5.41) is 0. The molecule has 1 aromatic carbocycles. The van der Waals surface area contributed by atoms with Crippen molar-refractivity contribution in [2.45, 2.75) is 52.6 Å². The van der Waals surface area contributed by atoms with Crippen molar-refractivity contribution >= 4 is 18.3 Å². The second kappa shape index (κ2) is 12.8. The van der Waals surface area contributed by atoms with Gasteiger partial charge in [-0.25, -0.2) is 4.79 Å². The molecule has 0 N–H and O–H groups in total. The van der Waals surface area contributed by atoms with Gasteiger partial charge in [-0.1, -0.05) is 45.6 Å². The van der Waals surface area contributed by atoms with Gasteiger partial charge in [-0.05, 0) is 29.5 Å². The quantitative estimate of drug-likeness (QED) is 0.368. The number of likely N-dealkylation sites (N-methyl/N-ethyl adjacent to an activating group) is 1. The molecule has 0 radical (unpaired) electrons. The van der Waals surface area contributed by atoms with Gasteiger partial charge in [-0.3, -0.25) is 4.79 Å². The fourth-order valence-corrected chi connectivity index (χ4v) is 3.18. The summed E-state index contributed by atoms with van der Waals surface area (Å²) in [4.78, 5) is 39.8. The molecule has 0 fully saturated rings. The highest BCUT2D eigenvalue weighted by atomic mass is 16.6. The topological polar surface area (TPSA) is 76.2 Å². The predicted octanol–water partition coefficient (Wildman–Crippen LogP) is 4.06. The van der Waals surface area contributed by atoms with Gasteiger partial charge < -0.3 is 24.1 Å². The van der Waals surface area contributed by atoms with Gasteiger partial charge in [0.15, 0.2) is 0 Å². The first kappa shape index (κ1) is 26.2. The van der Waals surface area contributed by atoms with Gasteiger partial charge in [0, 0.05) is 33.0 Å². The molecular weight excluding hydrogens is 396 g/mol. The van der Waals surface area contributed by atoms with Crippen LogP contribution in [0.1, 0.15) is 45.6 Å². The van der Waals surface area contributed by atoms with Crippen LogP contribution in [0.25, 0.3) is 0 Å². The Morgan fingerprint density at radius 1 is 1.26 bits per heavy atom. The van der Waals surface area contributed by atoms with E-state index in [0.29, 0.717) is 25.1 Å². The van der Waals surface area contributed by atoms with Gasteiger partial charge in [0.1, 0.15) is 18.6 Å². The summed E-state index contributed by atoms with van der Waals surface area (Å²) >= 11 is 0. The van der Waals surface area contributed by atoms with Crippen LogP contribution < -0.4 is 4.74 Å². The molecule has 1 rings (SSSR count). The number of rotatable bonds is 12. The number of carbonyl (C=O) groups excluding carboxylic acids is 3. The number of benzene rings is 1. The molecule has 7 heteroatoms. The van der Waals surface area contributed by atoms with E-state index in [4.69, 9.17) is 9.47 Å². The zero-order chi connectivity index (χ0) is 23.4. The van der Waals surface area contributed by atoms with Crippen molar-refractivity contribution in [3.8, 4) is 5.75 Å². The summed E-state index contributed by atoms with van der Waals surface area (Å²) in [6, 6.07) is 7.19. The molecule has 2 amide bonds. The highest BCUT2D eigenvalue weighted by Gasteiger charge is 2.29. The summed E-state index contributed by atoms with van der Waals surface area (Å²) in [7, 11) is 3.22. The van der Waals surface area contributed by atoms with Crippen LogP contribution in [0.5, 0.6) is 5.75 Å². The van der Waals surface area contributed by atoms with Gasteiger partial charge >= 0.3 is 6.09 Å². The largest absolute Gasteiger partial charge is 0.497 e. The first-order valence-electron chi connectivity index (χ1n) is 10.5. The molecule has 31 heavy (non-hydrogen) atoms. The molecule has 0 aliphatic heterocycles. The Bertz CT molecular complexity index is 742. The van der Waals surface area contributed by atoms with Gasteiger partial charge in [0.2, 0.25) is 5.91 Å². The number of hydrogen-bond donors (Lipinski definition) is 0. The third-order valence-corrected chi connectivity index (χ3v) is 4.67. The average Bonchev–Trinajstić information content (AvgIpc) is 2.72. The smallest absolute Gasteiger partial charge is 0.409 e. The van der Waals surface area contributed by atoms with Crippen LogP contribution >= 0.6 is 0 Å². The van der Waals surface area contributed by atoms with E-state index in [1.165, 1.54) is 11.0 Å². The minimum Gasteiger partial charge on any atom is -0.497 e. The summed E-state index contributed by atoms with van der Waals surface area (Å²) < 4.78 is 10.4. The van der Waals surface area contributed by atoms with Crippen molar-refractivity contribution in [1.29, 1.82) is 0 Å². The lowest BCUT2D eigenvalue weighted by molar-refractivity contribution is -0.137. The van der Waals surface area contributed by atoms with E-state index in [2.05, 4.69) is 6.58 Å². The van der Waals surface area contributed by atoms with Gasteiger partial charge in [0.05, 0.1) is 13.2 Å². The molecular formula is C24H36N2O5. The fraction of sp³-hybridized carbons (Fsp3) is 0.542. The molecule has 0 unspecified atom stereocenters.